The number of methoxy groups -OCH3 is 1. The summed E-state index contributed by atoms with van der Waals surface area (Å²) in [6, 6.07) is 9.35. The Hall–Kier alpha value is -2.08. The summed E-state index contributed by atoms with van der Waals surface area (Å²) >= 11 is 0. The zero-order valence-electron chi connectivity index (χ0n) is 15.3. The molecule has 0 bridgehead atoms. The number of amides is 1. The first-order chi connectivity index (χ1) is 11.4. The number of anilines is 1. The summed E-state index contributed by atoms with van der Waals surface area (Å²) in [5.41, 5.74) is 0.784. The smallest absolute Gasteiger partial charge is 0.246 e. The first-order valence-electron chi connectivity index (χ1n) is 8.26. The second kappa shape index (κ2) is 9.93. The quantitative estimate of drug-likeness (QED) is 0.528. The van der Waals surface area contributed by atoms with Gasteiger partial charge in [-0.1, -0.05) is 39.0 Å². The van der Waals surface area contributed by atoms with Crippen LogP contribution in [0.5, 0.6) is 0 Å². The van der Waals surface area contributed by atoms with Crippen LogP contribution in [0.15, 0.2) is 35.3 Å². The number of rotatable bonds is 7. The minimum Gasteiger partial charge on any atom is -0.379 e. The number of nitrogens with one attached hydrogen (secondary N) is 3. The number of hydrogen-bond donors (Lipinski definition) is 3. The van der Waals surface area contributed by atoms with E-state index in [2.05, 4.69) is 41.7 Å². The van der Waals surface area contributed by atoms with E-state index in [-0.39, 0.29) is 24.0 Å². The number of benzene rings is 1. The molecule has 0 heterocycles. The molecule has 1 unspecified atom stereocenters. The van der Waals surface area contributed by atoms with E-state index in [0.717, 1.165) is 12.2 Å². The lowest BCUT2D eigenvalue weighted by molar-refractivity contribution is -0.114. The average Bonchev–Trinajstić information content (AvgIpc) is 2.52. The minimum absolute atomic E-state index is 0.0176. The monoisotopic (exact) mass is 334 g/mol. The third-order valence-electron chi connectivity index (χ3n) is 3.49. The fourth-order valence-electron chi connectivity index (χ4n) is 2.15. The van der Waals surface area contributed by atoms with Crippen LogP contribution in [0.4, 0.5) is 5.69 Å². The van der Waals surface area contributed by atoms with E-state index >= 15 is 0 Å². The zero-order chi connectivity index (χ0) is 18.0. The van der Waals surface area contributed by atoms with Gasteiger partial charge in [-0.05, 0) is 24.5 Å². The summed E-state index contributed by atoms with van der Waals surface area (Å²) in [4.78, 5) is 16.3. The molecular formula is C18H30N4O2. The van der Waals surface area contributed by atoms with Crippen LogP contribution < -0.4 is 16.0 Å². The number of para-hydroxylation sites is 1. The van der Waals surface area contributed by atoms with Crippen LogP contribution in [0.2, 0.25) is 0 Å². The van der Waals surface area contributed by atoms with Gasteiger partial charge in [-0.3, -0.25) is 4.79 Å². The summed E-state index contributed by atoms with van der Waals surface area (Å²) in [5, 5.41) is 9.18. The molecule has 0 aliphatic carbocycles. The van der Waals surface area contributed by atoms with Gasteiger partial charge in [0.1, 0.15) is 6.54 Å². The summed E-state index contributed by atoms with van der Waals surface area (Å²) in [7, 11) is 1.70. The van der Waals surface area contributed by atoms with Gasteiger partial charge in [0, 0.05) is 25.9 Å². The van der Waals surface area contributed by atoms with E-state index in [1.54, 1.807) is 7.11 Å². The Labute approximate surface area is 145 Å². The Bertz CT molecular complexity index is 524. The summed E-state index contributed by atoms with van der Waals surface area (Å²) in [6.07, 6.45) is 0.0412. The maximum atomic E-state index is 12.0. The maximum absolute atomic E-state index is 12.0. The molecule has 0 radical (unpaired) electrons. The van der Waals surface area contributed by atoms with Crippen LogP contribution in [0.25, 0.3) is 0 Å². The number of carbonyl (C=O) groups is 1. The van der Waals surface area contributed by atoms with Gasteiger partial charge in [0.05, 0.1) is 6.10 Å². The first kappa shape index (κ1) is 20.0. The van der Waals surface area contributed by atoms with Crippen LogP contribution in [0, 0.1) is 5.41 Å². The molecule has 0 saturated heterocycles. The third-order valence-corrected chi connectivity index (χ3v) is 3.49. The lowest BCUT2D eigenvalue weighted by Crippen LogP contribution is -2.45. The number of ether oxygens (including phenoxy) is 1. The Balaban J connectivity index is 2.57. The lowest BCUT2D eigenvalue weighted by atomic mass is 9.89. The van der Waals surface area contributed by atoms with Crippen molar-refractivity contribution < 1.29 is 9.53 Å². The maximum Gasteiger partial charge on any atom is 0.246 e. The van der Waals surface area contributed by atoms with E-state index in [0.29, 0.717) is 12.5 Å². The molecule has 24 heavy (non-hydrogen) atoms. The van der Waals surface area contributed by atoms with Gasteiger partial charge in [0.2, 0.25) is 5.91 Å². The summed E-state index contributed by atoms with van der Waals surface area (Å²) in [5.74, 6) is 0.449. The van der Waals surface area contributed by atoms with Crippen LogP contribution in [-0.2, 0) is 9.53 Å². The molecule has 6 nitrogen and oxygen atoms in total. The van der Waals surface area contributed by atoms with E-state index in [1.807, 2.05) is 37.3 Å². The van der Waals surface area contributed by atoms with E-state index in [4.69, 9.17) is 4.74 Å². The summed E-state index contributed by atoms with van der Waals surface area (Å²) < 4.78 is 5.52. The highest BCUT2D eigenvalue weighted by Gasteiger charge is 2.24. The molecule has 1 aromatic carbocycles. The van der Waals surface area contributed by atoms with Crippen LogP contribution in [0.3, 0.4) is 0 Å². The molecule has 0 fully saturated rings. The number of guanidine groups is 1. The largest absolute Gasteiger partial charge is 0.379 e. The van der Waals surface area contributed by atoms with Gasteiger partial charge in [0.25, 0.3) is 0 Å². The number of aliphatic imine (C=N–C) groups is 1. The van der Waals surface area contributed by atoms with Crippen molar-refractivity contribution in [3.63, 3.8) is 0 Å². The van der Waals surface area contributed by atoms with Gasteiger partial charge < -0.3 is 20.7 Å². The molecule has 1 atom stereocenters. The first-order valence-corrected chi connectivity index (χ1v) is 8.26. The van der Waals surface area contributed by atoms with E-state index in [9.17, 15) is 4.79 Å². The molecule has 1 amide bonds. The standard InChI is InChI=1S/C18H30N4O2/c1-6-19-17(20-12-15(24-5)18(2,3)4)21-13-16(23)22-14-10-8-7-9-11-14/h7-11,15H,6,12-13H2,1-5H3,(H,22,23)(H2,19,20,21). The van der Waals surface area contributed by atoms with Crippen molar-refractivity contribution in [1.82, 2.24) is 10.6 Å². The Morgan fingerprint density at radius 3 is 2.42 bits per heavy atom. The highest BCUT2D eigenvalue weighted by Crippen LogP contribution is 2.20. The van der Waals surface area contributed by atoms with Crippen molar-refractivity contribution in [3.05, 3.63) is 30.3 Å². The predicted molar refractivity (Wildman–Crippen MR) is 99.3 cm³/mol. The van der Waals surface area contributed by atoms with Gasteiger partial charge in [-0.15, -0.1) is 0 Å². The highest BCUT2D eigenvalue weighted by atomic mass is 16.5. The average molecular weight is 334 g/mol. The molecule has 6 heteroatoms. The lowest BCUT2D eigenvalue weighted by Gasteiger charge is -2.30. The van der Waals surface area contributed by atoms with Gasteiger partial charge >= 0.3 is 0 Å². The Morgan fingerprint density at radius 2 is 1.88 bits per heavy atom. The van der Waals surface area contributed by atoms with Crippen molar-refractivity contribution in [2.24, 2.45) is 10.4 Å². The molecule has 134 valence electrons. The van der Waals surface area contributed by atoms with Crippen LogP contribution in [0.1, 0.15) is 27.7 Å². The molecule has 0 spiro atoms. The zero-order valence-corrected chi connectivity index (χ0v) is 15.3. The van der Waals surface area contributed by atoms with Crippen LogP contribution >= 0.6 is 0 Å². The van der Waals surface area contributed by atoms with Gasteiger partial charge in [-0.25, -0.2) is 4.99 Å². The molecule has 3 N–H and O–H groups in total. The third kappa shape index (κ3) is 7.46. The fraction of sp³-hybridized carbons (Fsp3) is 0.556. The van der Waals surface area contributed by atoms with E-state index < -0.39 is 0 Å². The van der Waals surface area contributed by atoms with Crippen molar-refractivity contribution in [2.45, 2.75) is 33.8 Å². The molecule has 1 aromatic rings. The van der Waals surface area contributed by atoms with Crippen molar-refractivity contribution in [2.75, 3.05) is 32.1 Å². The van der Waals surface area contributed by atoms with Gasteiger partial charge in [-0.2, -0.15) is 0 Å². The second-order valence-electron chi connectivity index (χ2n) is 6.58. The highest BCUT2D eigenvalue weighted by molar-refractivity contribution is 5.94. The Morgan fingerprint density at radius 1 is 1.21 bits per heavy atom. The number of carbonyl (C=O) groups excluding carboxylic acids is 1. The molecular weight excluding hydrogens is 304 g/mol. The molecule has 0 aromatic heterocycles. The minimum atomic E-state index is -0.155. The van der Waals surface area contributed by atoms with Crippen molar-refractivity contribution >= 4 is 17.6 Å². The van der Waals surface area contributed by atoms with E-state index in [1.165, 1.54) is 0 Å². The number of hydrogen-bond acceptors (Lipinski definition) is 3. The SMILES string of the molecule is CCNC(=NCC(=O)Nc1ccccc1)NCC(OC)C(C)(C)C. The molecule has 0 saturated carbocycles. The number of nitrogens with zero attached hydrogens (tertiary/aromatic N) is 1. The van der Waals surface area contributed by atoms with Crippen molar-refractivity contribution in [1.29, 1.82) is 0 Å². The topological polar surface area (TPSA) is 74.8 Å². The predicted octanol–water partition coefficient (Wildman–Crippen LogP) is 2.24. The summed E-state index contributed by atoms with van der Waals surface area (Å²) in [6.45, 7) is 9.75. The molecule has 0 aliphatic rings. The molecule has 0 aliphatic heterocycles. The molecule has 1 rings (SSSR count). The van der Waals surface area contributed by atoms with Gasteiger partial charge in [0.15, 0.2) is 5.96 Å². The normalized spacial score (nSPS) is 13.3. The second-order valence-corrected chi connectivity index (χ2v) is 6.58. The van der Waals surface area contributed by atoms with Crippen LogP contribution in [-0.4, -0.2) is 44.7 Å². The fourth-order valence-corrected chi connectivity index (χ4v) is 2.15. The van der Waals surface area contributed by atoms with Crippen molar-refractivity contribution in [3.8, 4) is 0 Å². The Kier molecular flexibility index (Phi) is 8.26.